The summed E-state index contributed by atoms with van der Waals surface area (Å²) in [6.45, 7) is 2.02. The SMILES string of the molecule is CC(=O)c1cc(C(=O)c2ccc([N+](=O)[O-])cc2)n2c3ccccc3n(Cc3ccccc3)c12. The van der Waals surface area contributed by atoms with Crippen LogP contribution in [0.25, 0.3) is 16.7 Å². The van der Waals surface area contributed by atoms with E-state index in [0.29, 0.717) is 29.0 Å². The number of rotatable bonds is 6. The first-order valence-corrected chi connectivity index (χ1v) is 10.4. The summed E-state index contributed by atoms with van der Waals surface area (Å²) < 4.78 is 3.87. The minimum absolute atomic E-state index is 0.0873. The number of nitro benzene ring substituents is 1. The highest BCUT2D eigenvalue weighted by Crippen LogP contribution is 2.30. The lowest BCUT2D eigenvalue weighted by Gasteiger charge is -2.07. The molecule has 0 spiro atoms. The number of ketones is 2. The van der Waals surface area contributed by atoms with Crippen LogP contribution in [-0.2, 0) is 6.54 Å². The number of aromatic nitrogens is 2. The van der Waals surface area contributed by atoms with Crippen LogP contribution in [0, 0.1) is 10.1 Å². The largest absolute Gasteiger partial charge is 0.321 e. The first-order chi connectivity index (χ1) is 16.0. The molecule has 0 amide bonds. The van der Waals surface area contributed by atoms with Crippen LogP contribution >= 0.6 is 0 Å². The Kier molecular flexibility index (Phi) is 4.86. The van der Waals surface area contributed by atoms with Gasteiger partial charge in [0.25, 0.3) is 5.69 Å². The van der Waals surface area contributed by atoms with Gasteiger partial charge in [-0.2, -0.15) is 0 Å². The number of imidazole rings is 1. The summed E-state index contributed by atoms with van der Waals surface area (Å²) in [5.41, 5.74) is 4.45. The van der Waals surface area contributed by atoms with Crippen LogP contribution in [0.1, 0.15) is 38.9 Å². The minimum atomic E-state index is -0.505. The Labute approximate surface area is 188 Å². The molecule has 2 heterocycles. The van der Waals surface area contributed by atoms with Gasteiger partial charge < -0.3 is 4.57 Å². The second-order valence-corrected chi connectivity index (χ2v) is 7.85. The van der Waals surface area contributed by atoms with E-state index in [2.05, 4.69) is 0 Å². The van der Waals surface area contributed by atoms with Gasteiger partial charge in [0, 0.05) is 24.2 Å². The van der Waals surface area contributed by atoms with E-state index in [-0.39, 0.29) is 17.3 Å². The third kappa shape index (κ3) is 3.40. The fourth-order valence-corrected chi connectivity index (χ4v) is 4.24. The standard InChI is InChI=1S/C26H19N3O4/c1-17(30)21-15-24(25(31)19-11-13-20(14-12-19)29(32)33)28-23-10-6-5-9-22(23)27(26(21)28)16-18-7-3-2-4-8-18/h2-15H,16H2,1H3. The highest BCUT2D eigenvalue weighted by Gasteiger charge is 2.25. The summed E-state index contributed by atoms with van der Waals surface area (Å²) in [4.78, 5) is 36.6. The van der Waals surface area contributed by atoms with Crippen molar-refractivity contribution in [3.8, 4) is 0 Å². The van der Waals surface area contributed by atoms with E-state index in [4.69, 9.17) is 0 Å². The van der Waals surface area contributed by atoms with Crippen molar-refractivity contribution in [1.29, 1.82) is 0 Å². The molecule has 0 N–H and O–H groups in total. The molecule has 162 valence electrons. The Balaban J connectivity index is 1.76. The predicted octanol–water partition coefficient (Wildman–Crippen LogP) is 5.28. The minimum Gasteiger partial charge on any atom is -0.321 e. The van der Waals surface area contributed by atoms with Gasteiger partial charge in [0.2, 0.25) is 5.78 Å². The van der Waals surface area contributed by atoms with E-state index >= 15 is 0 Å². The molecule has 0 unspecified atom stereocenters. The maximum atomic E-state index is 13.5. The van der Waals surface area contributed by atoms with Gasteiger partial charge in [0.15, 0.2) is 5.78 Å². The normalized spacial score (nSPS) is 11.2. The van der Waals surface area contributed by atoms with Crippen LogP contribution in [0.5, 0.6) is 0 Å². The predicted molar refractivity (Wildman–Crippen MR) is 125 cm³/mol. The first-order valence-electron chi connectivity index (χ1n) is 10.4. The number of hydrogen-bond acceptors (Lipinski definition) is 4. The fraction of sp³-hybridized carbons (Fsp3) is 0.0769. The number of para-hydroxylation sites is 2. The van der Waals surface area contributed by atoms with Gasteiger partial charge in [-0.1, -0.05) is 42.5 Å². The van der Waals surface area contributed by atoms with Crippen LogP contribution in [0.3, 0.4) is 0 Å². The molecule has 0 radical (unpaired) electrons. The van der Waals surface area contributed by atoms with Gasteiger partial charge >= 0.3 is 0 Å². The van der Waals surface area contributed by atoms with Crippen LogP contribution in [-0.4, -0.2) is 25.5 Å². The summed E-state index contributed by atoms with van der Waals surface area (Å²) in [5.74, 6) is -0.456. The summed E-state index contributed by atoms with van der Waals surface area (Å²) in [5, 5.41) is 11.0. The molecular weight excluding hydrogens is 418 g/mol. The molecule has 0 aliphatic heterocycles. The van der Waals surface area contributed by atoms with Crippen molar-refractivity contribution < 1.29 is 14.5 Å². The van der Waals surface area contributed by atoms with Gasteiger partial charge in [-0.15, -0.1) is 0 Å². The van der Waals surface area contributed by atoms with Crippen LogP contribution in [0.4, 0.5) is 5.69 Å². The highest BCUT2D eigenvalue weighted by atomic mass is 16.6. The Hall–Kier alpha value is -4.52. The molecule has 0 aliphatic carbocycles. The van der Waals surface area contributed by atoms with Crippen LogP contribution in [0.15, 0.2) is 84.9 Å². The van der Waals surface area contributed by atoms with Crippen LogP contribution in [0.2, 0.25) is 0 Å². The second kappa shape index (κ2) is 7.87. The van der Waals surface area contributed by atoms with E-state index in [9.17, 15) is 19.7 Å². The molecule has 0 saturated heterocycles. The molecule has 0 saturated carbocycles. The van der Waals surface area contributed by atoms with Crippen molar-refractivity contribution in [2.45, 2.75) is 13.5 Å². The molecule has 7 heteroatoms. The van der Waals surface area contributed by atoms with E-state index in [1.807, 2.05) is 63.6 Å². The van der Waals surface area contributed by atoms with Crippen molar-refractivity contribution in [1.82, 2.24) is 8.97 Å². The lowest BCUT2D eigenvalue weighted by atomic mass is 10.1. The molecule has 7 nitrogen and oxygen atoms in total. The van der Waals surface area contributed by atoms with Crippen molar-refractivity contribution in [3.63, 3.8) is 0 Å². The fourth-order valence-electron chi connectivity index (χ4n) is 4.24. The van der Waals surface area contributed by atoms with Gasteiger partial charge in [0.1, 0.15) is 5.65 Å². The molecule has 5 rings (SSSR count). The maximum absolute atomic E-state index is 13.5. The van der Waals surface area contributed by atoms with Crippen molar-refractivity contribution in [2.75, 3.05) is 0 Å². The number of nitrogens with zero attached hydrogens (tertiary/aromatic N) is 3. The number of Topliss-reactive ketones (excluding diaryl/α,β-unsaturated/α-hetero) is 1. The zero-order chi connectivity index (χ0) is 23.1. The number of carbonyl (C=O) groups excluding carboxylic acids is 2. The van der Waals surface area contributed by atoms with E-state index in [0.717, 1.165) is 16.6 Å². The number of carbonyl (C=O) groups is 2. The zero-order valence-electron chi connectivity index (χ0n) is 17.8. The third-order valence-corrected chi connectivity index (χ3v) is 5.78. The summed E-state index contributed by atoms with van der Waals surface area (Å²) in [7, 11) is 0. The van der Waals surface area contributed by atoms with Crippen molar-refractivity contribution >= 4 is 33.9 Å². The molecule has 33 heavy (non-hydrogen) atoms. The molecule has 0 fully saturated rings. The lowest BCUT2D eigenvalue weighted by molar-refractivity contribution is -0.384. The monoisotopic (exact) mass is 437 g/mol. The zero-order valence-corrected chi connectivity index (χ0v) is 17.8. The van der Waals surface area contributed by atoms with Crippen LogP contribution < -0.4 is 0 Å². The van der Waals surface area contributed by atoms with E-state index in [1.54, 1.807) is 6.07 Å². The van der Waals surface area contributed by atoms with E-state index < -0.39 is 4.92 Å². The molecule has 0 atom stereocenters. The van der Waals surface area contributed by atoms with Gasteiger partial charge in [-0.3, -0.25) is 24.1 Å². The second-order valence-electron chi connectivity index (χ2n) is 7.85. The summed E-state index contributed by atoms with van der Waals surface area (Å²) in [6, 6.07) is 24.7. The smallest absolute Gasteiger partial charge is 0.269 e. The molecule has 0 aliphatic rings. The third-order valence-electron chi connectivity index (χ3n) is 5.78. The Morgan fingerprint density at radius 3 is 2.15 bits per heavy atom. The average molecular weight is 437 g/mol. The molecule has 2 aromatic heterocycles. The van der Waals surface area contributed by atoms with Gasteiger partial charge in [-0.25, -0.2) is 0 Å². The molecule has 0 bridgehead atoms. The Morgan fingerprint density at radius 1 is 0.879 bits per heavy atom. The highest BCUT2D eigenvalue weighted by molar-refractivity contribution is 6.13. The molecule has 3 aromatic carbocycles. The number of hydrogen-bond donors (Lipinski definition) is 0. The van der Waals surface area contributed by atoms with E-state index in [1.165, 1.54) is 31.2 Å². The summed E-state index contributed by atoms with van der Waals surface area (Å²) >= 11 is 0. The van der Waals surface area contributed by atoms with Crippen molar-refractivity contribution in [3.05, 3.63) is 117 Å². The Bertz CT molecular complexity index is 1540. The number of benzene rings is 3. The molecule has 5 aromatic rings. The average Bonchev–Trinajstić information content (AvgIpc) is 3.36. The van der Waals surface area contributed by atoms with Gasteiger partial charge in [-0.05, 0) is 42.8 Å². The maximum Gasteiger partial charge on any atom is 0.269 e. The number of non-ortho nitro benzene ring substituents is 1. The quantitative estimate of drug-likeness (QED) is 0.205. The Morgan fingerprint density at radius 2 is 1.52 bits per heavy atom. The van der Waals surface area contributed by atoms with Crippen molar-refractivity contribution in [2.24, 2.45) is 0 Å². The van der Waals surface area contributed by atoms with Gasteiger partial charge in [0.05, 0.1) is 27.2 Å². The summed E-state index contributed by atoms with van der Waals surface area (Å²) in [6.07, 6.45) is 0. The first kappa shape index (κ1) is 20.4. The number of nitro groups is 1. The topological polar surface area (TPSA) is 86.6 Å². The number of fused-ring (bicyclic) bond motifs is 3. The lowest BCUT2D eigenvalue weighted by Crippen LogP contribution is -2.05. The molecular formula is C26H19N3O4.